The predicted molar refractivity (Wildman–Crippen MR) is 101 cm³/mol. The Labute approximate surface area is 162 Å². The van der Waals surface area contributed by atoms with Crippen molar-refractivity contribution in [2.24, 2.45) is 0 Å². The lowest BCUT2D eigenvalue weighted by Gasteiger charge is -2.28. The molecule has 2 aromatic carbocycles. The van der Waals surface area contributed by atoms with E-state index in [1.807, 2.05) is 0 Å². The molecule has 3 rings (SSSR count). The number of ketones is 1. The maximum Gasteiger partial charge on any atom is 0.295 e. The van der Waals surface area contributed by atoms with Gasteiger partial charge in [-0.2, -0.15) is 0 Å². The van der Waals surface area contributed by atoms with Gasteiger partial charge in [0, 0.05) is 19.8 Å². The Balaban J connectivity index is 2.15. The number of ether oxygens (including phenoxy) is 2. The van der Waals surface area contributed by atoms with Gasteiger partial charge in [-0.25, -0.2) is 0 Å². The standard InChI is InChI=1S/C21H21NO6/c1-27-16(28-2)12-22-18(13-8-10-15(23)11-9-13)17(20(25)21(22)26)19(24)14-6-4-3-5-7-14/h3-11,16,18,23-24H,12H2,1-2H3/t18-/m0/s1. The Morgan fingerprint density at radius 1 is 1.04 bits per heavy atom. The molecule has 0 aliphatic carbocycles. The predicted octanol–water partition coefficient (Wildman–Crippen LogP) is 2.43. The van der Waals surface area contributed by atoms with Crippen LogP contribution in [0.1, 0.15) is 17.2 Å². The largest absolute Gasteiger partial charge is 0.508 e. The summed E-state index contributed by atoms with van der Waals surface area (Å²) in [6.07, 6.45) is -0.741. The molecule has 1 aliphatic heterocycles. The molecule has 0 radical (unpaired) electrons. The third-order valence-electron chi connectivity index (χ3n) is 4.67. The summed E-state index contributed by atoms with van der Waals surface area (Å²) in [5.74, 6) is -1.75. The topological polar surface area (TPSA) is 96.3 Å². The lowest BCUT2D eigenvalue weighted by atomic mass is 9.95. The molecule has 1 atom stereocenters. The van der Waals surface area contributed by atoms with Crippen molar-refractivity contribution in [2.75, 3.05) is 20.8 Å². The number of aliphatic hydroxyl groups excluding tert-OH is 1. The Hall–Kier alpha value is -3.16. The van der Waals surface area contributed by atoms with Gasteiger partial charge in [-0.15, -0.1) is 0 Å². The lowest BCUT2D eigenvalue weighted by molar-refractivity contribution is -0.149. The molecule has 1 saturated heterocycles. The second kappa shape index (κ2) is 8.24. The van der Waals surface area contributed by atoms with Gasteiger partial charge in [-0.05, 0) is 17.7 Å². The van der Waals surface area contributed by atoms with Crippen molar-refractivity contribution in [1.82, 2.24) is 4.90 Å². The van der Waals surface area contributed by atoms with Gasteiger partial charge in [-0.1, -0.05) is 42.5 Å². The highest BCUT2D eigenvalue weighted by Crippen LogP contribution is 2.39. The van der Waals surface area contributed by atoms with E-state index in [4.69, 9.17) is 9.47 Å². The normalized spacial score (nSPS) is 18.8. The number of hydrogen-bond acceptors (Lipinski definition) is 6. The van der Waals surface area contributed by atoms with Crippen LogP contribution in [-0.4, -0.2) is 53.9 Å². The fourth-order valence-corrected chi connectivity index (χ4v) is 3.23. The number of nitrogens with zero attached hydrogens (tertiary/aromatic N) is 1. The molecule has 146 valence electrons. The zero-order valence-electron chi connectivity index (χ0n) is 15.5. The van der Waals surface area contributed by atoms with Crippen molar-refractivity contribution >= 4 is 17.4 Å². The first kappa shape index (κ1) is 19.6. The fraction of sp³-hybridized carbons (Fsp3) is 0.238. The molecular formula is C21H21NO6. The highest BCUT2D eigenvalue weighted by molar-refractivity contribution is 6.46. The van der Waals surface area contributed by atoms with Gasteiger partial charge >= 0.3 is 0 Å². The summed E-state index contributed by atoms with van der Waals surface area (Å²) in [5, 5.41) is 20.4. The van der Waals surface area contributed by atoms with Crippen LogP contribution in [0.3, 0.4) is 0 Å². The molecule has 28 heavy (non-hydrogen) atoms. The SMILES string of the molecule is COC(CN1C(=O)C(=O)C(=C(O)c2ccccc2)[C@@H]1c1ccc(O)cc1)OC. The first-order chi connectivity index (χ1) is 13.5. The summed E-state index contributed by atoms with van der Waals surface area (Å²) in [6.45, 7) is -0.00527. The van der Waals surface area contributed by atoms with Crippen LogP contribution in [0.4, 0.5) is 0 Å². The van der Waals surface area contributed by atoms with Crippen molar-refractivity contribution in [2.45, 2.75) is 12.3 Å². The number of carbonyl (C=O) groups is 2. The van der Waals surface area contributed by atoms with Crippen molar-refractivity contribution < 1.29 is 29.3 Å². The Bertz CT molecular complexity index is 887. The second-order valence-corrected chi connectivity index (χ2v) is 6.31. The minimum atomic E-state index is -0.839. The molecule has 7 nitrogen and oxygen atoms in total. The monoisotopic (exact) mass is 383 g/mol. The summed E-state index contributed by atoms with van der Waals surface area (Å²) >= 11 is 0. The summed E-state index contributed by atoms with van der Waals surface area (Å²) in [7, 11) is 2.87. The molecule has 2 aromatic rings. The van der Waals surface area contributed by atoms with E-state index in [2.05, 4.69) is 0 Å². The van der Waals surface area contributed by atoms with Crippen molar-refractivity contribution in [3.05, 3.63) is 71.3 Å². The van der Waals surface area contributed by atoms with Crippen LogP contribution >= 0.6 is 0 Å². The zero-order chi connectivity index (χ0) is 20.3. The van der Waals surface area contributed by atoms with Crippen LogP contribution in [-0.2, 0) is 19.1 Å². The van der Waals surface area contributed by atoms with Gasteiger partial charge in [0.05, 0.1) is 18.2 Å². The molecule has 0 unspecified atom stereocenters. The van der Waals surface area contributed by atoms with E-state index in [-0.39, 0.29) is 23.6 Å². The molecule has 1 aliphatic rings. The fourth-order valence-electron chi connectivity index (χ4n) is 3.23. The molecule has 0 saturated carbocycles. The van der Waals surface area contributed by atoms with Gasteiger partial charge in [0.2, 0.25) is 0 Å². The summed E-state index contributed by atoms with van der Waals surface area (Å²) in [4.78, 5) is 26.8. The Kier molecular flexibility index (Phi) is 5.77. The van der Waals surface area contributed by atoms with E-state index in [1.54, 1.807) is 42.5 Å². The van der Waals surface area contributed by atoms with Crippen molar-refractivity contribution in [1.29, 1.82) is 0 Å². The maximum atomic E-state index is 12.8. The van der Waals surface area contributed by atoms with Gasteiger partial charge < -0.3 is 24.6 Å². The number of Topliss-reactive ketones (excluding diaryl/α,β-unsaturated/α-hetero) is 1. The van der Waals surface area contributed by atoms with Gasteiger partial charge in [0.1, 0.15) is 11.5 Å². The first-order valence-electron chi connectivity index (χ1n) is 8.66. The average molecular weight is 383 g/mol. The number of amides is 1. The molecular weight excluding hydrogens is 362 g/mol. The molecule has 7 heteroatoms. The van der Waals surface area contributed by atoms with Gasteiger partial charge in [0.25, 0.3) is 11.7 Å². The van der Waals surface area contributed by atoms with E-state index in [1.165, 1.54) is 31.3 Å². The number of benzene rings is 2. The lowest BCUT2D eigenvalue weighted by Crippen LogP contribution is -2.38. The second-order valence-electron chi connectivity index (χ2n) is 6.31. The highest BCUT2D eigenvalue weighted by atomic mass is 16.7. The number of hydrogen-bond donors (Lipinski definition) is 2. The average Bonchev–Trinajstić information content (AvgIpc) is 2.97. The van der Waals surface area contributed by atoms with E-state index in [9.17, 15) is 19.8 Å². The molecule has 0 bridgehead atoms. The van der Waals surface area contributed by atoms with Crippen LogP contribution in [0.25, 0.3) is 5.76 Å². The highest BCUT2D eigenvalue weighted by Gasteiger charge is 2.46. The van der Waals surface area contributed by atoms with Crippen LogP contribution in [0.15, 0.2) is 60.2 Å². The summed E-state index contributed by atoms with van der Waals surface area (Å²) in [5.41, 5.74) is 0.979. The van der Waals surface area contributed by atoms with Crippen LogP contribution in [0.5, 0.6) is 5.75 Å². The Morgan fingerprint density at radius 3 is 2.21 bits per heavy atom. The maximum absolute atomic E-state index is 12.8. The number of aromatic hydroxyl groups is 1. The molecule has 1 amide bonds. The zero-order valence-corrected chi connectivity index (χ0v) is 15.5. The van der Waals surface area contributed by atoms with E-state index in [0.717, 1.165) is 0 Å². The third kappa shape index (κ3) is 3.62. The minimum Gasteiger partial charge on any atom is -0.508 e. The van der Waals surface area contributed by atoms with Crippen LogP contribution in [0.2, 0.25) is 0 Å². The molecule has 1 heterocycles. The smallest absolute Gasteiger partial charge is 0.295 e. The molecule has 0 aromatic heterocycles. The summed E-state index contributed by atoms with van der Waals surface area (Å²) < 4.78 is 10.4. The third-order valence-corrected chi connectivity index (χ3v) is 4.67. The van der Waals surface area contributed by atoms with Crippen LogP contribution < -0.4 is 0 Å². The molecule has 1 fully saturated rings. The quantitative estimate of drug-likeness (QED) is 0.344. The first-order valence-corrected chi connectivity index (χ1v) is 8.66. The molecule has 0 spiro atoms. The number of carbonyl (C=O) groups excluding carboxylic acids is 2. The Morgan fingerprint density at radius 2 is 1.64 bits per heavy atom. The number of likely N-dealkylation sites (tertiary alicyclic amines) is 1. The number of methoxy groups -OCH3 is 2. The van der Waals surface area contributed by atoms with E-state index >= 15 is 0 Å². The number of phenols is 1. The van der Waals surface area contributed by atoms with Crippen molar-refractivity contribution in [3.8, 4) is 5.75 Å². The number of rotatable bonds is 6. The number of aliphatic hydroxyl groups is 1. The molecule has 2 N–H and O–H groups in total. The van der Waals surface area contributed by atoms with E-state index < -0.39 is 24.0 Å². The van der Waals surface area contributed by atoms with Gasteiger partial charge in [0.15, 0.2) is 6.29 Å². The summed E-state index contributed by atoms with van der Waals surface area (Å²) in [6, 6.07) is 13.8. The van der Waals surface area contributed by atoms with Crippen molar-refractivity contribution in [3.63, 3.8) is 0 Å². The number of phenolic OH excluding ortho intramolecular Hbond substituents is 1. The van der Waals surface area contributed by atoms with Gasteiger partial charge in [-0.3, -0.25) is 9.59 Å². The minimum absolute atomic E-state index is 0.00527. The van der Waals surface area contributed by atoms with E-state index in [0.29, 0.717) is 11.1 Å². The van der Waals surface area contributed by atoms with Crippen LogP contribution in [0, 0.1) is 0 Å².